The van der Waals surface area contributed by atoms with Crippen LogP contribution in [0.2, 0.25) is 0 Å². The molecule has 0 aromatic rings. The van der Waals surface area contributed by atoms with Gasteiger partial charge in [-0.05, 0) is 0 Å². The molecule has 12 heavy (non-hydrogen) atoms. The Hall–Kier alpha value is 0.157. The Balaban J connectivity index is 0. The third-order valence-corrected chi connectivity index (χ3v) is 1.63. The molecule has 0 spiro atoms. The zero-order valence-corrected chi connectivity index (χ0v) is 5.51. The van der Waals surface area contributed by atoms with Crippen LogP contribution in [-0.4, -0.2) is 38.7 Å². The average Bonchev–Trinajstić information content (AvgIpc) is 1.58. The van der Waals surface area contributed by atoms with Crippen molar-refractivity contribution in [2.75, 3.05) is 0 Å². The van der Waals surface area contributed by atoms with Crippen molar-refractivity contribution in [3.63, 3.8) is 0 Å². The van der Waals surface area contributed by atoms with E-state index in [0.717, 1.165) is 0 Å². The van der Waals surface area contributed by atoms with Gasteiger partial charge in [0, 0.05) is 0 Å². The molecule has 0 heterocycles. The van der Waals surface area contributed by atoms with E-state index >= 15 is 0 Å². The Morgan fingerprint density at radius 3 is 1.25 bits per heavy atom. The maximum absolute atomic E-state index is 11.6. The van der Waals surface area contributed by atoms with Gasteiger partial charge in [-0.3, -0.25) is 0 Å². The molecule has 10 heteroatoms. The van der Waals surface area contributed by atoms with E-state index < -0.39 is 21.5 Å². The van der Waals surface area contributed by atoms with E-state index in [2.05, 4.69) is 5.14 Å². The molecule has 0 atom stereocenters. The van der Waals surface area contributed by atoms with Crippen LogP contribution in [0.5, 0.6) is 0 Å². The fourth-order valence-corrected chi connectivity index (χ4v) is 0.484. The molecule has 3 nitrogen and oxygen atoms in total. The Morgan fingerprint density at radius 1 is 1.00 bits per heavy atom. The summed E-state index contributed by atoms with van der Waals surface area (Å²) < 4.78 is 75.8. The number of alkyl halides is 5. The second-order valence-electron chi connectivity index (χ2n) is 1.56. The molecule has 2 N–H and O–H groups in total. The molecule has 0 aromatic carbocycles. The van der Waals surface area contributed by atoms with Gasteiger partial charge < -0.3 is 0 Å². The van der Waals surface area contributed by atoms with Crippen LogP contribution in [0.4, 0.5) is 22.0 Å². The molecule has 0 aliphatic heterocycles. The van der Waals surface area contributed by atoms with E-state index in [1.54, 1.807) is 0 Å². The van der Waals surface area contributed by atoms with Crippen LogP contribution in [0.15, 0.2) is 0 Å². The van der Waals surface area contributed by atoms with Gasteiger partial charge in [0.25, 0.3) is 10.0 Å². The van der Waals surface area contributed by atoms with Gasteiger partial charge in [0.2, 0.25) is 0 Å². The molecule has 0 saturated heterocycles. The van der Waals surface area contributed by atoms with Gasteiger partial charge in [0.15, 0.2) is 0 Å². The van der Waals surface area contributed by atoms with Crippen LogP contribution in [-0.2, 0) is 10.0 Å². The molecule has 0 unspecified atom stereocenters. The second kappa shape index (κ2) is 3.49. The number of rotatable bonds is 1. The topological polar surface area (TPSA) is 60.2 Å². The molecule has 0 fully saturated rings. The number of hydrogen-bond donors (Lipinski definition) is 1. The normalized spacial score (nSPS) is 13.8. The van der Waals surface area contributed by atoms with E-state index in [1.807, 2.05) is 0 Å². The zero-order valence-electron chi connectivity index (χ0n) is 4.69. The molecule has 0 saturated carbocycles. The van der Waals surface area contributed by atoms with Crippen LogP contribution >= 0.6 is 0 Å². The first-order valence-electron chi connectivity index (χ1n) is 1.97. The number of hydrogen-bond acceptors (Lipinski definition) is 2. The number of nitrogens with two attached hydrogens (primary N) is 1. The molecule has 0 aliphatic carbocycles. The van der Waals surface area contributed by atoms with Gasteiger partial charge >= 0.3 is 30.3 Å². The SMILES string of the molecule is NS(=O)(=O)C(F)(F)C(F)(F)F.[LiH]. The fourth-order valence-electron chi connectivity index (χ4n) is 0.161. The zero-order chi connectivity index (χ0) is 9.50. The Kier molecular flexibility index (Phi) is 4.27. The number of sulfonamides is 1. The van der Waals surface area contributed by atoms with Crippen LogP contribution in [0, 0.1) is 0 Å². The summed E-state index contributed by atoms with van der Waals surface area (Å²) in [6.07, 6.45) is -6.17. The summed E-state index contributed by atoms with van der Waals surface area (Å²) in [6, 6.07) is 0. The predicted molar refractivity (Wildman–Crippen MR) is 31.3 cm³/mol. The molecular formula is C2H3F5LiNO2S. The van der Waals surface area contributed by atoms with Crippen molar-refractivity contribution in [2.24, 2.45) is 5.14 Å². The van der Waals surface area contributed by atoms with Gasteiger partial charge in [0.1, 0.15) is 0 Å². The summed E-state index contributed by atoms with van der Waals surface area (Å²) in [6.45, 7) is 0. The summed E-state index contributed by atoms with van der Waals surface area (Å²) in [5.41, 5.74) is 0. The molecule has 0 aliphatic rings. The maximum atomic E-state index is 11.6. The Bertz CT molecular complexity index is 245. The van der Waals surface area contributed by atoms with Crippen LogP contribution in [0.1, 0.15) is 0 Å². The van der Waals surface area contributed by atoms with Crippen molar-refractivity contribution in [3.8, 4) is 0 Å². The van der Waals surface area contributed by atoms with Gasteiger partial charge in [-0.15, -0.1) is 0 Å². The quantitative estimate of drug-likeness (QED) is 0.477. The van der Waals surface area contributed by atoms with E-state index in [1.165, 1.54) is 0 Å². The van der Waals surface area contributed by atoms with Crippen molar-refractivity contribution < 1.29 is 30.4 Å². The standard InChI is InChI=1S/C2H2F5NO2S.Li.H/c3-1(4,5)2(6,7)11(8,9)10;;/h(H2,8,9,10);;. The van der Waals surface area contributed by atoms with E-state index in [4.69, 9.17) is 0 Å². The van der Waals surface area contributed by atoms with E-state index in [0.29, 0.717) is 0 Å². The first-order chi connectivity index (χ1) is 4.50. The van der Waals surface area contributed by atoms with Gasteiger partial charge in [0.05, 0.1) is 0 Å². The summed E-state index contributed by atoms with van der Waals surface area (Å²) in [4.78, 5) is 0. The van der Waals surface area contributed by atoms with Crippen LogP contribution < -0.4 is 5.14 Å². The number of halogens is 5. The van der Waals surface area contributed by atoms with E-state index in [9.17, 15) is 30.4 Å². The third-order valence-electron chi connectivity index (χ3n) is 0.687. The molecular weight excluding hydrogens is 204 g/mol. The molecule has 0 amide bonds. The van der Waals surface area contributed by atoms with Crippen molar-refractivity contribution in [1.82, 2.24) is 0 Å². The van der Waals surface area contributed by atoms with Crippen molar-refractivity contribution in [2.45, 2.75) is 11.4 Å². The third kappa shape index (κ3) is 2.58. The monoisotopic (exact) mass is 207 g/mol. The molecule has 0 radical (unpaired) electrons. The van der Waals surface area contributed by atoms with Gasteiger partial charge in [-0.25, -0.2) is 13.6 Å². The first kappa shape index (κ1) is 14.7. The van der Waals surface area contributed by atoms with Gasteiger partial charge in [-0.2, -0.15) is 22.0 Å². The van der Waals surface area contributed by atoms with Crippen molar-refractivity contribution >= 4 is 28.9 Å². The first-order valence-corrected chi connectivity index (χ1v) is 3.51. The fraction of sp³-hybridized carbons (Fsp3) is 1.00. The van der Waals surface area contributed by atoms with Crippen LogP contribution in [0.3, 0.4) is 0 Å². The molecule has 0 aromatic heterocycles. The molecule has 0 rings (SSSR count). The summed E-state index contributed by atoms with van der Waals surface area (Å²) in [5.74, 6) is 0. The van der Waals surface area contributed by atoms with Crippen molar-refractivity contribution in [3.05, 3.63) is 0 Å². The van der Waals surface area contributed by atoms with Crippen LogP contribution in [0.25, 0.3) is 0 Å². The molecule has 0 bridgehead atoms. The van der Waals surface area contributed by atoms with Crippen molar-refractivity contribution in [1.29, 1.82) is 0 Å². The summed E-state index contributed by atoms with van der Waals surface area (Å²) >= 11 is 0. The minimum atomic E-state index is -6.17. The summed E-state index contributed by atoms with van der Waals surface area (Å²) in [5, 5.41) is -2.27. The Labute approximate surface area is 76.3 Å². The average molecular weight is 207 g/mol. The van der Waals surface area contributed by atoms with Gasteiger partial charge in [-0.1, -0.05) is 0 Å². The summed E-state index contributed by atoms with van der Waals surface area (Å²) in [7, 11) is -5.92. The second-order valence-corrected chi connectivity index (χ2v) is 3.16. The van der Waals surface area contributed by atoms with E-state index in [-0.39, 0.29) is 18.9 Å². The predicted octanol–water partition coefficient (Wildman–Crippen LogP) is -0.218. The molecule has 70 valence electrons. The minimum absolute atomic E-state index is 0. The Morgan fingerprint density at radius 2 is 1.25 bits per heavy atom. The number of primary sulfonamides is 1.